The van der Waals surface area contributed by atoms with Gasteiger partial charge in [0.05, 0.1) is 13.0 Å². The van der Waals surface area contributed by atoms with Crippen LogP contribution in [0.15, 0.2) is 24.3 Å². The molecule has 1 aromatic carbocycles. The van der Waals surface area contributed by atoms with E-state index in [0.717, 1.165) is 11.3 Å². The predicted molar refractivity (Wildman–Crippen MR) is 76.3 cm³/mol. The van der Waals surface area contributed by atoms with Crippen LogP contribution in [0.25, 0.3) is 0 Å². The van der Waals surface area contributed by atoms with Gasteiger partial charge in [0.15, 0.2) is 0 Å². The normalized spacial score (nSPS) is 24.6. The maximum atomic E-state index is 12.7. The Balaban J connectivity index is 2.02. The Labute approximate surface area is 123 Å². The van der Waals surface area contributed by atoms with Gasteiger partial charge in [-0.3, -0.25) is 0 Å². The van der Waals surface area contributed by atoms with Crippen molar-refractivity contribution in [3.05, 3.63) is 29.8 Å². The summed E-state index contributed by atoms with van der Waals surface area (Å²) in [6.07, 6.45) is -2.34. The van der Waals surface area contributed by atoms with Gasteiger partial charge in [-0.1, -0.05) is 12.1 Å². The van der Waals surface area contributed by atoms with Gasteiger partial charge in [-0.2, -0.15) is 13.2 Å². The molecule has 0 spiro atoms. The zero-order valence-corrected chi connectivity index (χ0v) is 12.4. The van der Waals surface area contributed by atoms with E-state index in [1.807, 2.05) is 31.3 Å². The highest BCUT2D eigenvalue weighted by atomic mass is 19.4. The lowest BCUT2D eigenvalue weighted by Crippen LogP contribution is -2.33. The van der Waals surface area contributed by atoms with Crippen molar-refractivity contribution in [1.82, 2.24) is 5.32 Å². The second-order valence-electron chi connectivity index (χ2n) is 5.69. The monoisotopic (exact) mass is 301 g/mol. The van der Waals surface area contributed by atoms with Crippen molar-refractivity contribution in [3.8, 4) is 5.75 Å². The zero-order chi connectivity index (χ0) is 15.5. The first-order valence-corrected chi connectivity index (χ1v) is 7.33. The first-order valence-electron chi connectivity index (χ1n) is 7.33. The number of hydrogen-bond acceptors (Lipinski definition) is 2. The molecule has 2 nitrogen and oxygen atoms in total. The van der Waals surface area contributed by atoms with Gasteiger partial charge in [0.1, 0.15) is 5.75 Å². The molecule has 1 saturated carbocycles. The van der Waals surface area contributed by atoms with Crippen molar-refractivity contribution in [2.24, 2.45) is 11.8 Å². The third-order valence-corrected chi connectivity index (χ3v) is 4.49. The molecule has 0 amide bonds. The third kappa shape index (κ3) is 3.90. The van der Waals surface area contributed by atoms with E-state index >= 15 is 0 Å². The van der Waals surface area contributed by atoms with Gasteiger partial charge < -0.3 is 10.1 Å². The molecule has 0 saturated heterocycles. The molecule has 1 fully saturated rings. The van der Waals surface area contributed by atoms with Gasteiger partial charge in [0.25, 0.3) is 0 Å². The van der Waals surface area contributed by atoms with Gasteiger partial charge in [-0.25, -0.2) is 0 Å². The molecule has 0 aromatic heterocycles. The largest absolute Gasteiger partial charge is 0.497 e. The molecule has 1 unspecified atom stereocenters. The van der Waals surface area contributed by atoms with E-state index in [2.05, 4.69) is 5.32 Å². The fraction of sp³-hybridized carbons (Fsp3) is 0.625. The smallest absolute Gasteiger partial charge is 0.391 e. The molecule has 118 valence electrons. The summed E-state index contributed by atoms with van der Waals surface area (Å²) < 4.78 is 43.3. The third-order valence-electron chi connectivity index (χ3n) is 4.49. The van der Waals surface area contributed by atoms with E-state index in [9.17, 15) is 13.2 Å². The molecule has 0 radical (unpaired) electrons. The number of halogens is 3. The lowest BCUT2D eigenvalue weighted by Gasteiger charge is -2.34. The number of benzene rings is 1. The average Bonchev–Trinajstić information content (AvgIpc) is 2.48. The second kappa shape index (κ2) is 6.69. The van der Waals surface area contributed by atoms with Crippen molar-refractivity contribution in [3.63, 3.8) is 0 Å². The SMILES string of the molecule is CNC(c1ccc(OC)cc1)C1CCC(C(F)(F)F)CC1. The summed E-state index contributed by atoms with van der Waals surface area (Å²) in [5.41, 5.74) is 1.11. The van der Waals surface area contributed by atoms with E-state index in [1.165, 1.54) is 0 Å². The quantitative estimate of drug-likeness (QED) is 0.894. The number of ether oxygens (including phenoxy) is 1. The number of alkyl halides is 3. The Bertz CT molecular complexity index is 436. The maximum Gasteiger partial charge on any atom is 0.391 e. The first kappa shape index (κ1) is 16.1. The van der Waals surface area contributed by atoms with Crippen LogP contribution < -0.4 is 10.1 Å². The molecule has 5 heteroatoms. The fourth-order valence-electron chi connectivity index (χ4n) is 3.27. The van der Waals surface area contributed by atoms with Gasteiger partial charge in [-0.15, -0.1) is 0 Å². The van der Waals surface area contributed by atoms with Gasteiger partial charge in [-0.05, 0) is 56.3 Å². The molecule has 1 N–H and O–H groups in total. The van der Waals surface area contributed by atoms with Crippen LogP contribution in [0.2, 0.25) is 0 Å². The van der Waals surface area contributed by atoms with E-state index in [0.29, 0.717) is 12.8 Å². The number of methoxy groups -OCH3 is 1. The molecule has 0 bridgehead atoms. The molecule has 1 aliphatic rings. The molecule has 1 atom stereocenters. The second-order valence-corrected chi connectivity index (χ2v) is 5.69. The van der Waals surface area contributed by atoms with Crippen LogP contribution in [0, 0.1) is 11.8 Å². The lowest BCUT2D eigenvalue weighted by molar-refractivity contribution is -0.184. The van der Waals surface area contributed by atoms with E-state index < -0.39 is 12.1 Å². The van der Waals surface area contributed by atoms with E-state index in [1.54, 1.807) is 7.11 Å². The van der Waals surface area contributed by atoms with Crippen molar-refractivity contribution in [1.29, 1.82) is 0 Å². The molecule has 0 aliphatic heterocycles. The van der Waals surface area contributed by atoms with Gasteiger partial charge >= 0.3 is 6.18 Å². The Morgan fingerprint density at radius 1 is 1.10 bits per heavy atom. The van der Waals surface area contributed by atoms with Crippen LogP contribution in [-0.4, -0.2) is 20.3 Å². The molecular weight excluding hydrogens is 279 g/mol. The standard InChI is InChI=1S/C16H22F3NO/c1-20-15(12-5-9-14(21-2)10-6-12)11-3-7-13(8-4-11)16(17,18)19/h5-6,9-11,13,15,20H,3-4,7-8H2,1-2H3. The summed E-state index contributed by atoms with van der Waals surface area (Å²) in [7, 11) is 3.48. The van der Waals surface area contributed by atoms with Crippen molar-refractivity contribution in [2.75, 3.05) is 14.2 Å². The van der Waals surface area contributed by atoms with Crippen LogP contribution in [0.1, 0.15) is 37.3 Å². The summed E-state index contributed by atoms with van der Waals surface area (Å²) in [6, 6.07) is 7.85. The van der Waals surface area contributed by atoms with Crippen LogP contribution >= 0.6 is 0 Å². The Morgan fingerprint density at radius 2 is 1.67 bits per heavy atom. The molecular formula is C16H22F3NO. The maximum absolute atomic E-state index is 12.7. The Kier molecular flexibility index (Phi) is 5.14. The molecule has 0 heterocycles. The zero-order valence-electron chi connectivity index (χ0n) is 12.4. The van der Waals surface area contributed by atoms with Crippen LogP contribution in [0.3, 0.4) is 0 Å². The minimum absolute atomic E-state index is 0.102. The highest BCUT2D eigenvalue weighted by Gasteiger charge is 2.42. The Hall–Kier alpha value is -1.23. The Morgan fingerprint density at radius 3 is 2.10 bits per heavy atom. The van der Waals surface area contributed by atoms with Crippen LogP contribution in [-0.2, 0) is 0 Å². The summed E-state index contributed by atoms with van der Waals surface area (Å²) in [6.45, 7) is 0. The minimum Gasteiger partial charge on any atom is -0.497 e. The number of rotatable bonds is 4. The fourth-order valence-corrected chi connectivity index (χ4v) is 3.27. The summed E-state index contributed by atoms with van der Waals surface area (Å²) >= 11 is 0. The van der Waals surface area contributed by atoms with Crippen molar-refractivity contribution < 1.29 is 17.9 Å². The van der Waals surface area contributed by atoms with Crippen LogP contribution in [0.4, 0.5) is 13.2 Å². The van der Waals surface area contributed by atoms with Gasteiger partial charge in [0.2, 0.25) is 0 Å². The number of nitrogens with one attached hydrogen (secondary N) is 1. The van der Waals surface area contributed by atoms with Crippen molar-refractivity contribution in [2.45, 2.75) is 37.9 Å². The summed E-state index contributed by atoms with van der Waals surface area (Å²) in [5.74, 6) is -0.0847. The minimum atomic E-state index is -4.04. The first-order chi connectivity index (χ1) is 9.95. The van der Waals surface area contributed by atoms with Crippen molar-refractivity contribution >= 4 is 0 Å². The van der Waals surface area contributed by atoms with E-state index in [-0.39, 0.29) is 24.8 Å². The lowest BCUT2D eigenvalue weighted by atomic mass is 9.76. The van der Waals surface area contributed by atoms with Gasteiger partial charge in [0, 0.05) is 6.04 Å². The van der Waals surface area contributed by atoms with Crippen LogP contribution in [0.5, 0.6) is 5.75 Å². The average molecular weight is 301 g/mol. The molecule has 1 aromatic rings. The number of hydrogen-bond donors (Lipinski definition) is 1. The topological polar surface area (TPSA) is 21.3 Å². The summed E-state index contributed by atoms with van der Waals surface area (Å²) in [4.78, 5) is 0. The summed E-state index contributed by atoms with van der Waals surface area (Å²) in [5, 5.41) is 3.26. The molecule has 21 heavy (non-hydrogen) atoms. The molecule has 2 rings (SSSR count). The predicted octanol–water partition coefficient (Wildman–Crippen LogP) is 4.32. The van der Waals surface area contributed by atoms with E-state index in [4.69, 9.17) is 4.74 Å². The molecule has 1 aliphatic carbocycles. The highest BCUT2D eigenvalue weighted by Crippen LogP contribution is 2.43. The highest BCUT2D eigenvalue weighted by molar-refractivity contribution is 5.29.